The number of thioether (sulfide) groups is 1. The molecule has 144 valence electrons. The summed E-state index contributed by atoms with van der Waals surface area (Å²) in [6.45, 7) is 3.90. The minimum absolute atomic E-state index is 0.0846. The molecule has 1 atom stereocenters. The van der Waals surface area contributed by atoms with Crippen LogP contribution in [0.1, 0.15) is 22.0 Å². The first kappa shape index (κ1) is 19.7. The van der Waals surface area contributed by atoms with E-state index in [1.807, 2.05) is 24.5 Å². The standard InChI is InChI=1S/C20H25N3O3S/c1-25-16-7-5-15(6-8-16)18(23-10-12-26-13-11-23)14-22-19(24)17-4-3-9-21-20(17)27-2/h3-9,18H,10-14H2,1-2H3,(H,22,24)/p+1/t18-/m1/s1. The van der Waals surface area contributed by atoms with Crippen LogP contribution in [0.5, 0.6) is 5.75 Å². The first-order valence-electron chi connectivity index (χ1n) is 9.06. The van der Waals surface area contributed by atoms with Crippen LogP contribution < -0.4 is 15.0 Å². The molecule has 1 aromatic heterocycles. The van der Waals surface area contributed by atoms with Crippen molar-refractivity contribution in [1.82, 2.24) is 10.3 Å². The van der Waals surface area contributed by atoms with Gasteiger partial charge in [0.15, 0.2) is 0 Å². The molecule has 0 saturated carbocycles. The lowest BCUT2D eigenvalue weighted by atomic mass is 10.0. The van der Waals surface area contributed by atoms with Gasteiger partial charge in [0.1, 0.15) is 29.9 Å². The average molecular weight is 389 g/mol. The van der Waals surface area contributed by atoms with Crippen molar-refractivity contribution in [2.24, 2.45) is 0 Å². The van der Waals surface area contributed by atoms with Gasteiger partial charge in [0.05, 0.1) is 32.4 Å². The topological polar surface area (TPSA) is 64.9 Å². The highest BCUT2D eigenvalue weighted by Crippen LogP contribution is 2.18. The second-order valence-electron chi connectivity index (χ2n) is 6.37. The van der Waals surface area contributed by atoms with Crippen LogP contribution in [0, 0.1) is 0 Å². The van der Waals surface area contributed by atoms with Crippen molar-refractivity contribution in [2.45, 2.75) is 11.1 Å². The lowest BCUT2D eigenvalue weighted by Gasteiger charge is -2.32. The van der Waals surface area contributed by atoms with Gasteiger partial charge in [-0.05, 0) is 42.7 Å². The van der Waals surface area contributed by atoms with Crippen molar-refractivity contribution < 1.29 is 19.2 Å². The quantitative estimate of drug-likeness (QED) is 0.698. The molecule has 27 heavy (non-hydrogen) atoms. The minimum Gasteiger partial charge on any atom is -0.497 e. The molecule has 0 bridgehead atoms. The first-order valence-corrected chi connectivity index (χ1v) is 10.3. The van der Waals surface area contributed by atoms with E-state index in [2.05, 4.69) is 22.4 Å². The average Bonchev–Trinajstić information content (AvgIpc) is 2.75. The van der Waals surface area contributed by atoms with Crippen molar-refractivity contribution in [3.63, 3.8) is 0 Å². The molecule has 0 aliphatic carbocycles. The van der Waals surface area contributed by atoms with Crippen LogP contribution >= 0.6 is 11.8 Å². The van der Waals surface area contributed by atoms with Crippen LogP contribution in [0.3, 0.4) is 0 Å². The predicted octanol–water partition coefficient (Wildman–Crippen LogP) is 1.20. The maximum absolute atomic E-state index is 12.7. The maximum Gasteiger partial charge on any atom is 0.254 e. The zero-order valence-electron chi connectivity index (χ0n) is 15.7. The van der Waals surface area contributed by atoms with Crippen LogP contribution in [-0.4, -0.2) is 57.1 Å². The number of benzene rings is 1. The second kappa shape index (κ2) is 9.73. The molecule has 1 aromatic carbocycles. The highest BCUT2D eigenvalue weighted by Gasteiger charge is 2.27. The number of nitrogens with one attached hydrogen (secondary N) is 2. The van der Waals surface area contributed by atoms with Crippen molar-refractivity contribution >= 4 is 17.7 Å². The molecule has 1 aliphatic rings. The fourth-order valence-electron chi connectivity index (χ4n) is 3.33. The number of carbonyl (C=O) groups is 1. The third kappa shape index (κ3) is 5.00. The monoisotopic (exact) mass is 388 g/mol. The van der Waals surface area contributed by atoms with E-state index in [1.165, 1.54) is 22.2 Å². The summed E-state index contributed by atoms with van der Waals surface area (Å²) in [5, 5.41) is 3.86. The van der Waals surface area contributed by atoms with E-state index in [9.17, 15) is 4.79 Å². The fraction of sp³-hybridized carbons (Fsp3) is 0.400. The van der Waals surface area contributed by atoms with Gasteiger partial charge in [-0.15, -0.1) is 11.8 Å². The summed E-state index contributed by atoms with van der Waals surface area (Å²) in [4.78, 5) is 18.4. The van der Waals surface area contributed by atoms with E-state index >= 15 is 0 Å². The lowest BCUT2D eigenvalue weighted by molar-refractivity contribution is -0.937. The van der Waals surface area contributed by atoms with E-state index < -0.39 is 0 Å². The number of pyridine rings is 1. The Labute approximate surface area is 164 Å². The number of morpholine rings is 1. The number of rotatable bonds is 7. The molecule has 1 saturated heterocycles. The van der Waals surface area contributed by atoms with E-state index in [0.29, 0.717) is 12.1 Å². The summed E-state index contributed by atoms with van der Waals surface area (Å²) in [6, 6.07) is 11.9. The summed E-state index contributed by atoms with van der Waals surface area (Å²) in [5.41, 5.74) is 1.81. The Morgan fingerprint density at radius 3 is 2.70 bits per heavy atom. The molecule has 1 amide bonds. The van der Waals surface area contributed by atoms with Crippen LogP contribution in [0.15, 0.2) is 47.6 Å². The SMILES string of the molecule is COc1ccc([C@@H](CNC(=O)c2cccnc2SC)[NH+]2CCOCC2)cc1. The zero-order valence-corrected chi connectivity index (χ0v) is 16.6. The van der Waals surface area contributed by atoms with Crippen LogP contribution in [0.25, 0.3) is 0 Å². The summed E-state index contributed by atoms with van der Waals surface area (Å²) < 4.78 is 10.8. The molecule has 3 rings (SSSR count). The second-order valence-corrected chi connectivity index (χ2v) is 7.16. The number of amides is 1. The maximum atomic E-state index is 12.7. The number of hydrogen-bond acceptors (Lipinski definition) is 5. The molecule has 7 heteroatoms. The number of hydrogen-bond donors (Lipinski definition) is 2. The minimum atomic E-state index is -0.0846. The largest absolute Gasteiger partial charge is 0.497 e. The fourth-order valence-corrected chi connectivity index (χ4v) is 3.88. The first-order chi connectivity index (χ1) is 13.2. The molecule has 2 heterocycles. The molecule has 2 N–H and O–H groups in total. The smallest absolute Gasteiger partial charge is 0.254 e. The Balaban J connectivity index is 1.75. The third-order valence-corrected chi connectivity index (χ3v) is 5.53. The van der Waals surface area contributed by atoms with Crippen LogP contribution in [-0.2, 0) is 4.74 Å². The molecule has 0 spiro atoms. The Bertz CT molecular complexity index is 748. The van der Waals surface area contributed by atoms with Crippen molar-refractivity contribution in [3.05, 3.63) is 53.7 Å². The van der Waals surface area contributed by atoms with Gasteiger partial charge < -0.3 is 19.7 Å². The van der Waals surface area contributed by atoms with Crippen LogP contribution in [0.4, 0.5) is 0 Å². The van der Waals surface area contributed by atoms with Crippen molar-refractivity contribution in [2.75, 3.05) is 46.2 Å². The summed E-state index contributed by atoms with van der Waals surface area (Å²) in [6.07, 6.45) is 3.64. The highest BCUT2D eigenvalue weighted by molar-refractivity contribution is 7.98. The molecule has 0 unspecified atom stereocenters. The van der Waals surface area contributed by atoms with Crippen molar-refractivity contribution in [1.29, 1.82) is 0 Å². The zero-order chi connectivity index (χ0) is 19.1. The molecule has 1 fully saturated rings. The number of aromatic nitrogens is 1. The molecular weight excluding hydrogens is 362 g/mol. The number of ether oxygens (including phenoxy) is 2. The van der Waals surface area contributed by atoms with Gasteiger partial charge in [-0.25, -0.2) is 4.98 Å². The highest BCUT2D eigenvalue weighted by atomic mass is 32.2. The van der Waals surface area contributed by atoms with Gasteiger partial charge >= 0.3 is 0 Å². The molecule has 2 aromatic rings. The summed E-state index contributed by atoms with van der Waals surface area (Å²) in [5.74, 6) is 0.747. The molecule has 6 nitrogen and oxygen atoms in total. The van der Waals surface area contributed by atoms with Gasteiger partial charge in [0.2, 0.25) is 0 Å². The Morgan fingerprint density at radius 2 is 2.04 bits per heavy atom. The van der Waals surface area contributed by atoms with E-state index in [0.717, 1.165) is 37.1 Å². The summed E-state index contributed by atoms with van der Waals surface area (Å²) >= 11 is 1.48. The third-order valence-electron chi connectivity index (χ3n) is 4.82. The van der Waals surface area contributed by atoms with E-state index in [1.54, 1.807) is 19.4 Å². The van der Waals surface area contributed by atoms with Gasteiger partial charge in [-0.1, -0.05) is 0 Å². The van der Waals surface area contributed by atoms with E-state index in [4.69, 9.17) is 9.47 Å². The number of quaternary nitrogens is 1. The van der Waals surface area contributed by atoms with Gasteiger partial charge in [0, 0.05) is 11.8 Å². The Morgan fingerprint density at radius 1 is 1.30 bits per heavy atom. The van der Waals surface area contributed by atoms with Crippen molar-refractivity contribution in [3.8, 4) is 5.75 Å². The number of carbonyl (C=O) groups excluding carboxylic acids is 1. The molecule has 1 aliphatic heterocycles. The molecular formula is C20H26N3O3S+. The van der Waals surface area contributed by atoms with Gasteiger partial charge in [0.25, 0.3) is 5.91 Å². The number of nitrogens with zero attached hydrogens (tertiary/aromatic N) is 1. The predicted molar refractivity (Wildman–Crippen MR) is 106 cm³/mol. The number of methoxy groups -OCH3 is 1. The summed E-state index contributed by atoms with van der Waals surface area (Å²) in [7, 11) is 1.66. The van der Waals surface area contributed by atoms with Gasteiger partial charge in [-0.3, -0.25) is 4.79 Å². The normalized spacial score (nSPS) is 15.9. The van der Waals surface area contributed by atoms with E-state index in [-0.39, 0.29) is 11.9 Å². The van der Waals surface area contributed by atoms with Gasteiger partial charge in [-0.2, -0.15) is 0 Å². The van der Waals surface area contributed by atoms with Crippen LogP contribution in [0.2, 0.25) is 0 Å². The lowest BCUT2D eigenvalue weighted by Crippen LogP contribution is -3.15. The Hall–Kier alpha value is -2.09. The molecule has 0 radical (unpaired) electrons. The Kier molecular flexibility index (Phi) is 7.09.